The number of carbonyl (C=O) groups is 1. The molecule has 2 atom stereocenters. The molecule has 0 spiro atoms. The van der Waals surface area contributed by atoms with Crippen molar-refractivity contribution in [2.45, 2.75) is 33.2 Å². The molecule has 1 fully saturated rings. The van der Waals surface area contributed by atoms with Crippen LogP contribution in [-0.4, -0.2) is 41.9 Å². The van der Waals surface area contributed by atoms with E-state index in [9.17, 15) is 14.9 Å². The Bertz CT molecular complexity index is 558. The molecule has 1 aromatic rings. The van der Waals surface area contributed by atoms with Crippen molar-refractivity contribution in [1.29, 1.82) is 0 Å². The fourth-order valence-electron chi connectivity index (χ4n) is 3.42. The van der Waals surface area contributed by atoms with Crippen LogP contribution in [0.4, 0.5) is 5.69 Å². The third-order valence-electron chi connectivity index (χ3n) is 4.67. The second-order valence-electron chi connectivity index (χ2n) is 6.12. The highest BCUT2D eigenvalue weighted by Crippen LogP contribution is 2.17. The van der Waals surface area contributed by atoms with Crippen LogP contribution in [-0.2, 0) is 11.3 Å². The Morgan fingerprint density at radius 1 is 1.35 bits per heavy atom. The number of amides is 1. The van der Waals surface area contributed by atoms with E-state index >= 15 is 0 Å². The van der Waals surface area contributed by atoms with Gasteiger partial charge in [0.2, 0.25) is 5.91 Å². The lowest BCUT2D eigenvalue weighted by atomic mass is 9.96. The Kier molecular flexibility index (Phi) is 6.10. The van der Waals surface area contributed by atoms with Crippen LogP contribution in [0.2, 0.25) is 0 Å². The van der Waals surface area contributed by atoms with Gasteiger partial charge in [-0.15, -0.1) is 0 Å². The van der Waals surface area contributed by atoms with Gasteiger partial charge >= 0.3 is 0 Å². The average molecular weight is 320 g/mol. The van der Waals surface area contributed by atoms with Gasteiger partial charge in [-0.05, 0) is 32.8 Å². The first kappa shape index (κ1) is 17.4. The van der Waals surface area contributed by atoms with Gasteiger partial charge in [0.1, 0.15) is 6.54 Å². The summed E-state index contributed by atoms with van der Waals surface area (Å²) in [5, 5.41) is 11.1. The van der Waals surface area contributed by atoms with Gasteiger partial charge in [-0.3, -0.25) is 14.9 Å². The summed E-state index contributed by atoms with van der Waals surface area (Å²) in [6, 6.07) is 6.91. The predicted molar refractivity (Wildman–Crippen MR) is 88.1 cm³/mol. The topological polar surface area (TPSA) is 67.9 Å². The molecule has 0 bridgehead atoms. The Balaban J connectivity index is 2.05. The minimum Gasteiger partial charge on any atom is -0.343 e. The summed E-state index contributed by atoms with van der Waals surface area (Å²) >= 11 is 0. The number of nitrogens with one attached hydrogen (secondary N) is 1. The fraction of sp³-hybridized carbons (Fsp3) is 0.588. The maximum atomic E-state index is 12.5. The van der Waals surface area contributed by atoms with E-state index in [-0.39, 0.29) is 22.4 Å². The van der Waals surface area contributed by atoms with Gasteiger partial charge in [-0.2, -0.15) is 0 Å². The quantitative estimate of drug-likeness (QED) is 0.634. The Morgan fingerprint density at radius 2 is 2.04 bits per heavy atom. The van der Waals surface area contributed by atoms with Crippen LogP contribution in [0.1, 0.15) is 32.3 Å². The molecule has 1 aliphatic heterocycles. The maximum absolute atomic E-state index is 12.5. The summed E-state index contributed by atoms with van der Waals surface area (Å²) in [7, 11) is 0. The maximum Gasteiger partial charge on any atom is 0.278 e. The standard InChI is InChI=1S/C17H25N3O3/c1-3-19(4-2)17(21)15-9-7-11-18(13-15)12-14-8-5-6-10-16(14)20(22)23/h5-6,8,10,15H,3-4,7,9,11-13H2,1-2H3/p+1/t15-/m1/s1. The molecule has 1 aromatic carbocycles. The number of likely N-dealkylation sites (tertiary alicyclic amines) is 1. The smallest absolute Gasteiger partial charge is 0.278 e. The van der Waals surface area contributed by atoms with E-state index in [1.165, 1.54) is 4.90 Å². The number of nitro groups is 1. The number of nitrogens with zero attached hydrogens (tertiary/aromatic N) is 2. The minimum absolute atomic E-state index is 0.0430. The average Bonchev–Trinajstić information content (AvgIpc) is 2.56. The number of carbonyl (C=O) groups excluding carboxylic acids is 1. The summed E-state index contributed by atoms with van der Waals surface area (Å²) < 4.78 is 0. The number of quaternary nitrogens is 1. The third kappa shape index (κ3) is 4.28. The first-order valence-electron chi connectivity index (χ1n) is 8.41. The van der Waals surface area contributed by atoms with Crippen molar-refractivity contribution >= 4 is 11.6 Å². The van der Waals surface area contributed by atoms with Crippen molar-refractivity contribution in [3.05, 3.63) is 39.9 Å². The summed E-state index contributed by atoms with van der Waals surface area (Å²) in [5.41, 5.74) is 0.931. The first-order valence-corrected chi connectivity index (χ1v) is 8.41. The molecule has 1 heterocycles. The van der Waals surface area contributed by atoms with Gasteiger partial charge in [-0.25, -0.2) is 0 Å². The second-order valence-corrected chi connectivity index (χ2v) is 6.12. The van der Waals surface area contributed by atoms with Gasteiger partial charge < -0.3 is 9.80 Å². The lowest BCUT2D eigenvalue weighted by Gasteiger charge is -2.32. The van der Waals surface area contributed by atoms with Gasteiger partial charge in [0.05, 0.1) is 29.5 Å². The third-order valence-corrected chi connectivity index (χ3v) is 4.67. The molecule has 126 valence electrons. The summed E-state index contributed by atoms with van der Waals surface area (Å²) in [6.45, 7) is 7.83. The largest absolute Gasteiger partial charge is 0.343 e. The first-order chi connectivity index (χ1) is 11.1. The molecule has 1 unspecified atom stereocenters. The molecule has 1 amide bonds. The van der Waals surface area contributed by atoms with Crippen LogP contribution in [0, 0.1) is 16.0 Å². The molecule has 1 N–H and O–H groups in total. The zero-order valence-electron chi connectivity index (χ0n) is 14.0. The molecule has 1 saturated heterocycles. The Hall–Kier alpha value is -1.95. The van der Waals surface area contributed by atoms with E-state index in [1.807, 2.05) is 30.9 Å². The normalized spacial score (nSPS) is 21.0. The summed E-state index contributed by atoms with van der Waals surface area (Å²) in [5.74, 6) is 0.274. The van der Waals surface area contributed by atoms with Crippen molar-refractivity contribution in [2.75, 3.05) is 26.2 Å². The molecule has 6 nitrogen and oxygen atoms in total. The van der Waals surface area contributed by atoms with E-state index in [4.69, 9.17) is 0 Å². The highest BCUT2D eigenvalue weighted by molar-refractivity contribution is 5.78. The van der Waals surface area contributed by atoms with Crippen LogP contribution >= 0.6 is 0 Å². The lowest BCUT2D eigenvalue weighted by Crippen LogP contribution is -3.12. The van der Waals surface area contributed by atoms with Gasteiger partial charge in [0, 0.05) is 19.2 Å². The molecule has 0 saturated carbocycles. The highest BCUT2D eigenvalue weighted by atomic mass is 16.6. The number of rotatable bonds is 6. The molecule has 2 rings (SSSR count). The van der Waals surface area contributed by atoms with Crippen LogP contribution in [0.25, 0.3) is 0 Å². The molecular weight excluding hydrogens is 294 g/mol. The fourth-order valence-corrected chi connectivity index (χ4v) is 3.42. The number of piperidine rings is 1. The molecular formula is C17H26N3O3+. The zero-order chi connectivity index (χ0) is 16.8. The number of hydrogen-bond acceptors (Lipinski definition) is 3. The summed E-state index contributed by atoms with van der Waals surface area (Å²) in [4.78, 5) is 26.5. The molecule has 23 heavy (non-hydrogen) atoms. The number of nitro benzene ring substituents is 1. The van der Waals surface area contributed by atoms with E-state index < -0.39 is 0 Å². The van der Waals surface area contributed by atoms with E-state index in [0.717, 1.165) is 44.6 Å². The number of para-hydroxylation sites is 1. The molecule has 0 aliphatic carbocycles. The van der Waals surface area contributed by atoms with Crippen molar-refractivity contribution in [1.82, 2.24) is 4.90 Å². The van der Waals surface area contributed by atoms with Gasteiger partial charge in [0.25, 0.3) is 5.69 Å². The number of hydrogen-bond donors (Lipinski definition) is 1. The SMILES string of the molecule is CCN(CC)C(=O)[C@@H]1CCC[NH+](Cc2ccccc2[N+](=O)[O-])C1. The number of benzene rings is 1. The van der Waals surface area contributed by atoms with Crippen molar-refractivity contribution in [2.24, 2.45) is 5.92 Å². The Labute approximate surface area is 137 Å². The molecule has 6 heteroatoms. The predicted octanol–water partition coefficient (Wildman–Crippen LogP) is 1.26. The van der Waals surface area contributed by atoms with Crippen LogP contribution in [0.15, 0.2) is 24.3 Å². The van der Waals surface area contributed by atoms with Crippen molar-refractivity contribution in [3.8, 4) is 0 Å². The van der Waals surface area contributed by atoms with Gasteiger partial charge in [0.15, 0.2) is 0 Å². The summed E-state index contributed by atoms with van der Waals surface area (Å²) in [6.07, 6.45) is 1.92. The highest BCUT2D eigenvalue weighted by Gasteiger charge is 2.31. The lowest BCUT2D eigenvalue weighted by molar-refractivity contribution is -0.921. The van der Waals surface area contributed by atoms with Crippen LogP contribution in [0.5, 0.6) is 0 Å². The molecule has 1 aliphatic rings. The Morgan fingerprint density at radius 3 is 2.70 bits per heavy atom. The van der Waals surface area contributed by atoms with E-state index in [1.54, 1.807) is 12.1 Å². The van der Waals surface area contributed by atoms with Gasteiger partial charge in [-0.1, -0.05) is 12.1 Å². The van der Waals surface area contributed by atoms with Crippen LogP contribution in [0.3, 0.4) is 0 Å². The molecule has 0 radical (unpaired) electrons. The van der Waals surface area contributed by atoms with Crippen LogP contribution < -0.4 is 4.90 Å². The monoisotopic (exact) mass is 320 g/mol. The zero-order valence-corrected chi connectivity index (χ0v) is 14.0. The van der Waals surface area contributed by atoms with Crippen molar-refractivity contribution < 1.29 is 14.6 Å². The second kappa shape index (κ2) is 8.06. The molecule has 0 aromatic heterocycles. The van der Waals surface area contributed by atoms with Crippen molar-refractivity contribution in [3.63, 3.8) is 0 Å². The minimum atomic E-state index is -0.322. The van der Waals surface area contributed by atoms with E-state index in [0.29, 0.717) is 6.54 Å². The van der Waals surface area contributed by atoms with E-state index in [2.05, 4.69) is 0 Å².